The van der Waals surface area contributed by atoms with E-state index in [-0.39, 0.29) is 0 Å². The highest BCUT2D eigenvalue weighted by molar-refractivity contribution is 5.45. The monoisotopic (exact) mass is 268 g/mol. The van der Waals surface area contributed by atoms with Crippen LogP contribution in [-0.2, 0) is 6.54 Å². The highest BCUT2D eigenvalue weighted by Gasteiger charge is 2.13. The second-order valence-corrected chi connectivity index (χ2v) is 4.84. The Morgan fingerprint density at radius 2 is 1.70 bits per heavy atom. The van der Waals surface area contributed by atoms with Gasteiger partial charge in [-0.2, -0.15) is 0 Å². The van der Waals surface area contributed by atoms with Gasteiger partial charge in [-0.25, -0.2) is 4.57 Å². The van der Waals surface area contributed by atoms with E-state index in [2.05, 4.69) is 56.3 Å². The fourth-order valence-electron chi connectivity index (χ4n) is 2.02. The largest absolute Gasteiger partial charge is 0.203 e. The fourth-order valence-corrected chi connectivity index (χ4v) is 2.02. The Morgan fingerprint density at radius 3 is 2.20 bits per heavy atom. The lowest BCUT2D eigenvalue weighted by Gasteiger charge is -2.06. The molecule has 2 aromatic rings. The average Bonchev–Trinajstić information content (AvgIpc) is 2.55. The van der Waals surface area contributed by atoms with E-state index in [9.17, 15) is 0 Å². The summed E-state index contributed by atoms with van der Waals surface area (Å²) in [6, 6.07) is 16.5. The standard InChI is InChI=1S/C11H18N.C8H8/c1-4-10(3)11-8-6-7-9-12(11)5-2;1-2-8-6-4-3-5-7-8/h6-10H,4-5H2,1-3H3;2-7H,1H2/q+1;. The summed E-state index contributed by atoms with van der Waals surface area (Å²) in [5.74, 6) is 0.672. The van der Waals surface area contributed by atoms with Gasteiger partial charge in [0.05, 0.1) is 0 Å². The second kappa shape index (κ2) is 9.08. The maximum atomic E-state index is 3.63. The molecule has 1 heteroatoms. The van der Waals surface area contributed by atoms with Crippen molar-refractivity contribution < 1.29 is 4.57 Å². The summed E-state index contributed by atoms with van der Waals surface area (Å²) >= 11 is 0. The van der Waals surface area contributed by atoms with Gasteiger partial charge in [-0.1, -0.05) is 62.9 Å². The average molecular weight is 268 g/mol. The van der Waals surface area contributed by atoms with Crippen molar-refractivity contribution in [1.82, 2.24) is 0 Å². The third kappa shape index (κ3) is 5.00. The van der Waals surface area contributed by atoms with E-state index in [0.717, 1.165) is 6.54 Å². The maximum absolute atomic E-state index is 3.63. The van der Waals surface area contributed by atoms with Gasteiger partial charge < -0.3 is 0 Å². The van der Waals surface area contributed by atoms with Crippen molar-refractivity contribution in [2.75, 3.05) is 0 Å². The molecule has 0 aliphatic heterocycles. The van der Waals surface area contributed by atoms with Crippen molar-refractivity contribution in [2.24, 2.45) is 0 Å². The van der Waals surface area contributed by atoms with Crippen LogP contribution in [0.4, 0.5) is 0 Å². The molecule has 20 heavy (non-hydrogen) atoms. The number of benzene rings is 1. The number of aryl methyl sites for hydroxylation is 1. The van der Waals surface area contributed by atoms with Gasteiger partial charge in [-0.15, -0.1) is 0 Å². The topological polar surface area (TPSA) is 3.88 Å². The lowest BCUT2D eigenvalue weighted by Crippen LogP contribution is -2.37. The molecule has 0 bridgehead atoms. The van der Waals surface area contributed by atoms with Crippen LogP contribution in [0.1, 0.15) is 44.4 Å². The molecular weight excluding hydrogens is 242 g/mol. The van der Waals surface area contributed by atoms with Crippen LogP contribution in [0.2, 0.25) is 0 Å². The van der Waals surface area contributed by atoms with Crippen LogP contribution >= 0.6 is 0 Å². The van der Waals surface area contributed by atoms with E-state index in [0.29, 0.717) is 5.92 Å². The number of nitrogens with zero attached hydrogens (tertiary/aromatic N) is 1. The van der Waals surface area contributed by atoms with Crippen molar-refractivity contribution in [2.45, 2.75) is 39.7 Å². The summed E-state index contributed by atoms with van der Waals surface area (Å²) < 4.78 is 2.31. The molecule has 106 valence electrons. The normalized spacial score (nSPS) is 11.2. The Morgan fingerprint density at radius 1 is 1.05 bits per heavy atom. The lowest BCUT2D eigenvalue weighted by molar-refractivity contribution is -0.702. The van der Waals surface area contributed by atoms with Crippen LogP contribution in [0, 0.1) is 0 Å². The first-order valence-corrected chi connectivity index (χ1v) is 7.38. The van der Waals surface area contributed by atoms with Gasteiger partial charge in [0.25, 0.3) is 0 Å². The van der Waals surface area contributed by atoms with E-state index >= 15 is 0 Å². The lowest BCUT2D eigenvalue weighted by atomic mass is 10.0. The minimum absolute atomic E-state index is 0.672. The maximum Gasteiger partial charge on any atom is 0.184 e. The molecule has 0 aliphatic rings. The molecule has 0 saturated carbocycles. The molecule has 1 heterocycles. The van der Waals surface area contributed by atoms with Gasteiger partial charge in [0, 0.05) is 18.1 Å². The van der Waals surface area contributed by atoms with Crippen molar-refractivity contribution in [1.29, 1.82) is 0 Å². The molecule has 1 atom stereocenters. The molecule has 0 spiro atoms. The molecule has 0 aliphatic carbocycles. The number of aromatic nitrogens is 1. The minimum Gasteiger partial charge on any atom is -0.203 e. The smallest absolute Gasteiger partial charge is 0.184 e. The Bertz CT molecular complexity index is 502. The number of pyridine rings is 1. The third-order valence-electron chi connectivity index (χ3n) is 3.47. The zero-order valence-corrected chi connectivity index (χ0v) is 12.9. The Kier molecular flexibility index (Phi) is 7.34. The molecule has 1 aromatic carbocycles. The van der Waals surface area contributed by atoms with Crippen LogP contribution in [0.3, 0.4) is 0 Å². The Labute approximate surface area is 123 Å². The highest BCUT2D eigenvalue weighted by Crippen LogP contribution is 2.13. The van der Waals surface area contributed by atoms with E-state index in [1.54, 1.807) is 0 Å². The predicted molar refractivity (Wildman–Crippen MR) is 87.6 cm³/mol. The van der Waals surface area contributed by atoms with E-state index in [1.165, 1.54) is 17.7 Å². The zero-order chi connectivity index (χ0) is 14.8. The minimum atomic E-state index is 0.672. The van der Waals surface area contributed by atoms with Crippen LogP contribution < -0.4 is 4.57 Å². The molecule has 0 amide bonds. The summed E-state index contributed by atoms with van der Waals surface area (Å²) in [5, 5.41) is 0. The van der Waals surface area contributed by atoms with E-state index in [1.807, 2.05) is 36.4 Å². The first kappa shape index (κ1) is 16.2. The van der Waals surface area contributed by atoms with Crippen molar-refractivity contribution in [3.05, 3.63) is 72.6 Å². The molecule has 0 saturated heterocycles. The fraction of sp³-hybridized carbons (Fsp3) is 0.316. The van der Waals surface area contributed by atoms with Crippen molar-refractivity contribution >= 4 is 6.08 Å². The summed E-state index contributed by atoms with van der Waals surface area (Å²) in [4.78, 5) is 0. The first-order chi connectivity index (χ1) is 9.72. The summed E-state index contributed by atoms with van der Waals surface area (Å²) in [6.07, 6.45) is 5.20. The predicted octanol–water partition coefficient (Wildman–Crippen LogP) is 4.84. The molecular formula is C19H26N+. The molecule has 1 unspecified atom stereocenters. The summed E-state index contributed by atoms with van der Waals surface area (Å²) in [7, 11) is 0. The third-order valence-corrected chi connectivity index (χ3v) is 3.47. The zero-order valence-electron chi connectivity index (χ0n) is 12.9. The molecule has 0 radical (unpaired) electrons. The van der Waals surface area contributed by atoms with Gasteiger partial charge in [0.1, 0.15) is 6.54 Å². The van der Waals surface area contributed by atoms with Gasteiger partial charge >= 0.3 is 0 Å². The molecule has 2 rings (SSSR count). The Hall–Kier alpha value is -1.89. The van der Waals surface area contributed by atoms with Gasteiger partial charge in [-0.3, -0.25) is 0 Å². The van der Waals surface area contributed by atoms with E-state index in [4.69, 9.17) is 0 Å². The summed E-state index contributed by atoms with van der Waals surface area (Å²) in [6.45, 7) is 11.4. The quantitative estimate of drug-likeness (QED) is 0.699. The number of hydrogen-bond donors (Lipinski definition) is 0. The van der Waals surface area contributed by atoms with Gasteiger partial charge in [-0.05, 0) is 18.9 Å². The van der Waals surface area contributed by atoms with E-state index < -0.39 is 0 Å². The molecule has 1 nitrogen and oxygen atoms in total. The number of hydrogen-bond acceptors (Lipinski definition) is 0. The van der Waals surface area contributed by atoms with Crippen molar-refractivity contribution in [3.63, 3.8) is 0 Å². The Balaban J connectivity index is 0.000000217. The second-order valence-electron chi connectivity index (χ2n) is 4.84. The van der Waals surface area contributed by atoms with Gasteiger partial charge in [0.2, 0.25) is 0 Å². The molecule has 1 aromatic heterocycles. The van der Waals surface area contributed by atoms with Crippen LogP contribution in [0.25, 0.3) is 6.08 Å². The van der Waals surface area contributed by atoms with Gasteiger partial charge in [0.15, 0.2) is 11.9 Å². The first-order valence-electron chi connectivity index (χ1n) is 7.38. The number of rotatable bonds is 4. The van der Waals surface area contributed by atoms with Crippen LogP contribution in [0.15, 0.2) is 61.3 Å². The van der Waals surface area contributed by atoms with Crippen LogP contribution in [0.5, 0.6) is 0 Å². The SMILES string of the molecule is C=Cc1ccccc1.CCC(C)c1cccc[n+]1CC. The molecule has 0 N–H and O–H groups in total. The highest BCUT2D eigenvalue weighted by atomic mass is 14.9. The van der Waals surface area contributed by atoms with Crippen LogP contribution in [-0.4, -0.2) is 0 Å². The molecule has 0 fully saturated rings. The van der Waals surface area contributed by atoms with Crippen molar-refractivity contribution in [3.8, 4) is 0 Å². The summed E-state index contributed by atoms with van der Waals surface area (Å²) in [5.41, 5.74) is 2.62.